The summed E-state index contributed by atoms with van der Waals surface area (Å²) in [6.45, 7) is 1.38. The molecule has 4 heterocycles. The van der Waals surface area contributed by atoms with Crippen LogP contribution in [0.1, 0.15) is 42.0 Å². The molecule has 7 rings (SSSR count). The van der Waals surface area contributed by atoms with E-state index in [-0.39, 0.29) is 76.7 Å². The van der Waals surface area contributed by atoms with Crippen molar-refractivity contribution in [2.75, 3.05) is 104 Å². The first-order valence-electron chi connectivity index (χ1n) is 28.0. The fraction of sp³-hybridized carbons (Fsp3) is 0.383. The Balaban J connectivity index is 1.08. The largest absolute Gasteiger partial charge is 0.370 e. The van der Waals surface area contributed by atoms with E-state index in [0.29, 0.717) is 63.1 Å². The number of carbonyl (C=O) groups is 7. The number of rotatable bonds is 33. The van der Waals surface area contributed by atoms with Crippen molar-refractivity contribution in [3.63, 3.8) is 0 Å². The molecule has 9 N–H and O–H groups in total. The number of thiol groups is 1. The van der Waals surface area contributed by atoms with Crippen LogP contribution in [-0.4, -0.2) is 201 Å². The number of hydrogen-bond acceptors (Lipinski definition) is 11. The molecular weight excluding hydrogens is 1070 g/mol. The van der Waals surface area contributed by atoms with Gasteiger partial charge in [-0.3, -0.25) is 43.5 Å². The zero-order valence-electron chi connectivity index (χ0n) is 47.4. The highest BCUT2D eigenvalue weighted by Crippen LogP contribution is 2.22. The van der Waals surface area contributed by atoms with E-state index in [1.807, 2.05) is 98.3 Å². The summed E-state index contributed by atoms with van der Waals surface area (Å²) in [5, 5.41) is 8.82. The van der Waals surface area contributed by atoms with Crippen LogP contribution in [0, 0.1) is 0 Å². The topological polar surface area (TPSA) is 288 Å². The number of amides is 7. The van der Waals surface area contributed by atoms with Gasteiger partial charge in [-0.1, -0.05) is 67.6 Å². The van der Waals surface area contributed by atoms with Crippen LogP contribution in [0.15, 0.2) is 121 Å². The number of pyridine rings is 1. The molecule has 0 fully saturated rings. The van der Waals surface area contributed by atoms with Gasteiger partial charge in [0.05, 0.1) is 39.3 Å². The Morgan fingerprint density at radius 1 is 0.566 bits per heavy atom. The van der Waals surface area contributed by atoms with Crippen LogP contribution in [0.2, 0.25) is 0 Å². The van der Waals surface area contributed by atoms with Crippen LogP contribution in [0.3, 0.4) is 0 Å². The molecule has 23 heteroatoms. The first-order valence-corrected chi connectivity index (χ1v) is 28.6. The summed E-state index contributed by atoms with van der Waals surface area (Å²) in [7, 11) is 1.47. The normalized spacial score (nSPS) is 11.1. The minimum Gasteiger partial charge on any atom is -0.370 e. The molecule has 0 spiro atoms. The molecule has 22 nitrogen and oxygen atoms in total. The third-order valence-electron chi connectivity index (χ3n) is 14.3. The Bertz CT molecular complexity index is 3320. The summed E-state index contributed by atoms with van der Waals surface area (Å²) in [6.07, 6.45) is 11.1. The number of benzene rings is 3. The zero-order valence-corrected chi connectivity index (χ0v) is 48.3. The average molecular weight is 1150 g/mol. The molecule has 7 amide bonds. The first kappa shape index (κ1) is 61.9. The highest BCUT2D eigenvalue weighted by molar-refractivity contribution is 7.80. The van der Waals surface area contributed by atoms with Gasteiger partial charge >= 0.3 is 0 Å². The number of aromatic amines is 3. The number of H-pyrrole nitrogens is 3. The van der Waals surface area contributed by atoms with E-state index in [0.717, 1.165) is 49.4 Å². The SMILES string of the molecule is CCCN(CC(=O)N(CCc1c[nH]c2ccccc12)CC(=O)NCCS)C(=O)CN(CCc1c[nH]c2ccccc12)C(=O)CN(C)C(=O)CN(CCc1c[nH]c2ccccc12)C(=O)CN(Cc1cccnc1)C(=O)CNCCCN=C(N)N. The summed E-state index contributed by atoms with van der Waals surface area (Å²) in [5.41, 5.74) is 17.2. The number of aromatic nitrogens is 4. The Morgan fingerprint density at radius 3 is 1.52 bits per heavy atom. The van der Waals surface area contributed by atoms with Gasteiger partial charge in [-0.15, -0.1) is 0 Å². The summed E-state index contributed by atoms with van der Waals surface area (Å²) in [5.74, 6) is -2.82. The van der Waals surface area contributed by atoms with E-state index < -0.39 is 49.2 Å². The van der Waals surface area contributed by atoms with Gasteiger partial charge in [0, 0.05) is 122 Å². The van der Waals surface area contributed by atoms with E-state index in [9.17, 15) is 33.6 Å². The van der Waals surface area contributed by atoms with Crippen molar-refractivity contribution in [2.45, 2.75) is 45.6 Å². The molecule has 0 saturated heterocycles. The number of hydrogen-bond donors (Lipinski definition) is 8. The second kappa shape index (κ2) is 31.5. The average Bonchev–Trinajstić information content (AvgIpc) is 4.47. The maximum Gasteiger partial charge on any atom is 0.242 e. The monoisotopic (exact) mass is 1150 g/mol. The summed E-state index contributed by atoms with van der Waals surface area (Å²) in [4.78, 5) is 126. The Kier molecular flexibility index (Phi) is 23.5. The minimum atomic E-state index is -0.551. The van der Waals surface area contributed by atoms with Crippen molar-refractivity contribution in [3.05, 3.63) is 138 Å². The fourth-order valence-corrected chi connectivity index (χ4v) is 9.88. The van der Waals surface area contributed by atoms with E-state index >= 15 is 0 Å². The highest BCUT2D eigenvalue weighted by Gasteiger charge is 2.29. The van der Waals surface area contributed by atoms with Crippen molar-refractivity contribution < 1.29 is 33.6 Å². The molecular formula is C60H77N15O7S. The van der Waals surface area contributed by atoms with Crippen molar-refractivity contribution >= 4 is 92.6 Å². The number of carbonyl (C=O) groups excluding carboxylic acids is 7. The van der Waals surface area contributed by atoms with E-state index in [4.69, 9.17) is 11.5 Å². The maximum absolute atomic E-state index is 14.7. The molecule has 0 radical (unpaired) electrons. The predicted octanol–water partition coefficient (Wildman–Crippen LogP) is 3.06. The first-order chi connectivity index (χ1) is 40.2. The third kappa shape index (κ3) is 18.4. The number of aliphatic imine (C=N–C) groups is 1. The molecule has 0 unspecified atom stereocenters. The van der Waals surface area contributed by atoms with Gasteiger partial charge in [-0.05, 0) is 85.2 Å². The molecule has 3 aromatic carbocycles. The van der Waals surface area contributed by atoms with E-state index in [2.05, 4.69) is 48.2 Å². The lowest BCUT2D eigenvalue weighted by Crippen LogP contribution is -2.52. The predicted molar refractivity (Wildman–Crippen MR) is 325 cm³/mol. The van der Waals surface area contributed by atoms with Crippen molar-refractivity contribution in [2.24, 2.45) is 16.5 Å². The number of nitrogens with zero attached hydrogens (tertiary/aromatic N) is 8. The molecule has 0 atom stereocenters. The Labute approximate surface area is 488 Å². The summed E-state index contributed by atoms with van der Waals surface area (Å²) < 4.78 is 0. The third-order valence-corrected chi connectivity index (χ3v) is 14.5. The molecule has 0 aliphatic heterocycles. The van der Waals surface area contributed by atoms with Gasteiger partial charge in [0.2, 0.25) is 41.4 Å². The molecule has 83 heavy (non-hydrogen) atoms. The van der Waals surface area contributed by atoms with Gasteiger partial charge < -0.3 is 66.5 Å². The smallest absolute Gasteiger partial charge is 0.242 e. The molecule has 4 aromatic heterocycles. The van der Waals surface area contributed by atoms with Crippen LogP contribution in [-0.2, 0) is 59.4 Å². The molecule has 0 bridgehead atoms. The van der Waals surface area contributed by atoms with E-state index in [1.165, 1.54) is 36.4 Å². The summed E-state index contributed by atoms with van der Waals surface area (Å²) >= 11 is 4.22. The second-order valence-corrected chi connectivity index (χ2v) is 20.8. The van der Waals surface area contributed by atoms with Gasteiger partial charge in [-0.2, -0.15) is 12.6 Å². The number of likely N-dealkylation sites (N-methyl/N-ethyl adjacent to an activating group) is 1. The molecule has 7 aromatic rings. The number of nitrogens with one attached hydrogen (secondary N) is 5. The van der Waals surface area contributed by atoms with E-state index in [1.54, 1.807) is 24.5 Å². The zero-order chi connectivity index (χ0) is 59.1. The lowest BCUT2D eigenvalue weighted by Gasteiger charge is -2.31. The van der Waals surface area contributed by atoms with Crippen LogP contribution >= 0.6 is 12.6 Å². The quantitative estimate of drug-likeness (QED) is 0.0128. The van der Waals surface area contributed by atoms with Crippen molar-refractivity contribution in [1.29, 1.82) is 0 Å². The molecule has 0 aliphatic carbocycles. The summed E-state index contributed by atoms with van der Waals surface area (Å²) in [6, 6.07) is 26.9. The molecule has 440 valence electrons. The van der Waals surface area contributed by atoms with Crippen molar-refractivity contribution in [1.82, 2.24) is 60.0 Å². The highest BCUT2D eigenvalue weighted by atomic mass is 32.1. The Hall–Kier alpha value is -8.70. The fourth-order valence-electron chi connectivity index (χ4n) is 9.77. The van der Waals surface area contributed by atoms with Crippen LogP contribution in [0.4, 0.5) is 0 Å². The molecule has 0 saturated carbocycles. The van der Waals surface area contributed by atoms with Crippen LogP contribution in [0.5, 0.6) is 0 Å². The number of para-hydroxylation sites is 3. The number of guanidine groups is 1. The maximum atomic E-state index is 14.7. The van der Waals surface area contributed by atoms with Gasteiger partial charge in [-0.25, -0.2) is 0 Å². The standard InChI is InChI=1S/C60H77N15O7S/c1-3-26-71(40-58(81)72(37-53(76)65-25-30-83)27-19-44-32-67-50-16-7-4-13-47(44)50)57(80)41-74(29-21-46-34-69-52-18-9-6-15-49(46)52)56(79)38-70(2)55(78)39-73(28-20-45-33-68-51-17-8-5-14-48(45)51)59(82)42-75(36-43-12-10-22-63-31-43)54(77)35-64-23-11-24-66-60(61)62/h4-10,12-18,22,31-34,64,67-69,83H,3,11,19-21,23-30,35-42H2,1-2H3,(H,65,76)(H4,61,62,66). The molecule has 0 aliphatic rings. The van der Waals surface area contributed by atoms with Crippen LogP contribution in [0.25, 0.3) is 32.7 Å². The van der Waals surface area contributed by atoms with Gasteiger partial charge in [0.15, 0.2) is 5.96 Å². The van der Waals surface area contributed by atoms with Gasteiger partial charge in [0.1, 0.15) is 6.54 Å². The van der Waals surface area contributed by atoms with Gasteiger partial charge in [0.25, 0.3) is 0 Å². The lowest BCUT2D eigenvalue weighted by molar-refractivity contribution is -0.147. The number of fused-ring (bicyclic) bond motifs is 3. The minimum absolute atomic E-state index is 0.0259. The Morgan fingerprint density at radius 2 is 1.04 bits per heavy atom. The second-order valence-electron chi connectivity index (χ2n) is 20.4. The lowest BCUT2D eigenvalue weighted by atomic mass is 10.1. The van der Waals surface area contributed by atoms with Crippen molar-refractivity contribution in [3.8, 4) is 0 Å². The number of nitrogens with two attached hydrogens (primary N) is 2. The van der Waals surface area contributed by atoms with Crippen LogP contribution < -0.4 is 22.1 Å².